The number of hydrogen-bond donors (Lipinski definition) is 0. The first-order valence-corrected chi connectivity index (χ1v) is 18.3. The van der Waals surface area contributed by atoms with E-state index in [4.69, 9.17) is 17.7 Å². The number of halogens is 2. The normalized spacial score (nSPS) is 14.9. The van der Waals surface area contributed by atoms with Crippen LogP contribution in [0, 0.1) is 0 Å². The Morgan fingerprint density at radius 3 is 1.13 bits per heavy atom. The molecule has 15 heavy (non-hydrogen) atoms. The summed E-state index contributed by atoms with van der Waals surface area (Å²) in [6.07, 6.45) is 7.34. The van der Waals surface area contributed by atoms with E-state index in [1.807, 2.05) is 0 Å². The zero-order chi connectivity index (χ0) is 11.8. The summed E-state index contributed by atoms with van der Waals surface area (Å²) in [5, 5.41) is 0. The summed E-state index contributed by atoms with van der Waals surface area (Å²) in [6.45, 7) is 6.67. The molecule has 94 valence electrons. The summed E-state index contributed by atoms with van der Waals surface area (Å²) < 4.78 is 3.44. The first-order valence-electron chi connectivity index (χ1n) is 6.41. The monoisotopic (exact) mass is 362 g/mol. The second-order valence-electron chi connectivity index (χ2n) is 4.68. The third kappa shape index (κ3) is 7.35. The Labute approximate surface area is 105 Å². The Hall–Kier alpha value is 1.40. The molecule has 0 saturated heterocycles. The minimum atomic E-state index is -3.16. The Bertz CT molecular complexity index is 140. The summed E-state index contributed by atoms with van der Waals surface area (Å²) in [7, 11) is 13.8. The van der Waals surface area contributed by atoms with E-state index in [1.165, 1.54) is 38.5 Å². The van der Waals surface area contributed by atoms with E-state index in [1.54, 1.807) is 0 Å². The van der Waals surface area contributed by atoms with Crippen LogP contribution in [0.2, 0.25) is 13.1 Å². The van der Waals surface area contributed by atoms with Crippen LogP contribution in [0.4, 0.5) is 0 Å². The number of hydrogen-bond acceptors (Lipinski definition) is 0. The Morgan fingerprint density at radius 2 is 0.933 bits per heavy atom. The van der Waals surface area contributed by atoms with Gasteiger partial charge in [0.1, 0.15) is 0 Å². The quantitative estimate of drug-likeness (QED) is 0.424. The van der Waals surface area contributed by atoms with Gasteiger partial charge < -0.3 is 0 Å². The van der Waals surface area contributed by atoms with Crippen LogP contribution in [-0.2, 0) is 0 Å². The van der Waals surface area contributed by atoms with Crippen molar-refractivity contribution in [2.45, 2.75) is 72.4 Å². The molecule has 3 heteroatoms. The molecule has 0 bridgehead atoms. The fraction of sp³-hybridized carbons (Fsp3) is 1.00. The first kappa shape index (κ1) is 16.4. The van der Waals surface area contributed by atoms with Gasteiger partial charge in [0.25, 0.3) is 0 Å². The predicted octanol–water partition coefficient (Wildman–Crippen LogP) is 6.26. The van der Waals surface area contributed by atoms with Crippen molar-refractivity contribution in [1.82, 2.24) is 0 Å². The van der Waals surface area contributed by atoms with E-state index in [-0.39, 0.29) is 0 Å². The van der Waals surface area contributed by atoms with E-state index in [0.29, 0.717) is 0 Å². The Morgan fingerprint density at radius 1 is 0.667 bits per heavy atom. The van der Waals surface area contributed by atoms with Crippen molar-refractivity contribution in [2.24, 2.45) is 0 Å². The van der Waals surface area contributed by atoms with Crippen molar-refractivity contribution in [2.75, 3.05) is 0 Å². The van der Waals surface area contributed by atoms with Gasteiger partial charge in [-0.05, 0) is 0 Å². The van der Waals surface area contributed by atoms with Gasteiger partial charge in [-0.25, -0.2) is 0 Å². The molecule has 0 amide bonds. The molecule has 0 spiro atoms. The van der Waals surface area contributed by atoms with Gasteiger partial charge in [-0.1, -0.05) is 0 Å². The van der Waals surface area contributed by atoms with Crippen LogP contribution in [0.15, 0.2) is 0 Å². The molecular formula is C12H27Cl2Sb. The molecule has 0 aliphatic rings. The summed E-state index contributed by atoms with van der Waals surface area (Å²) in [4.78, 5) is 0. The number of unbranched alkanes of at least 4 members (excludes halogenated alkanes) is 3. The summed E-state index contributed by atoms with van der Waals surface area (Å²) in [6, 6.07) is 0. The Balaban J connectivity index is 4.33. The summed E-state index contributed by atoms with van der Waals surface area (Å²) in [5.41, 5.74) is 0. The first-order chi connectivity index (χ1) is 6.96. The maximum absolute atomic E-state index is 6.90. The molecular weight excluding hydrogens is 337 g/mol. The molecule has 0 aromatic heterocycles. The summed E-state index contributed by atoms with van der Waals surface area (Å²) in [5.74, 6) is 0. The van der Waals surface area contributed by atoms with Crippen molar-refractivity contribution in [1.29, 1.82) is 0 Å². The topological polar surface area (TPSA) is 0 Å². The van der Waals surface area contributed by atoms with Crippen molar-refractivity contribution >= 4 is 32.8 Å². The van der Waals surface area contributed by atoms with Gasteiger partial charge in [0.05, 0.1) is 0 Å². The van der Waals surface area contributed by atoms with Gasteiger partial charge in [0, 0.05) is 0 Å². The molecule has 0 heterocycles. The van der Waals surface area contributed by atoms with Crippen LogP contribution in [0.5, 0.6) is 0 Å². The zero-order valence-corrected chi connectivity index (χ0v) is 14.6. The second-order valence-corrected chi connectivity index (χ2v) is 29.8. The molecule has 0 atom stereocenters. The molecule has 0 nitrogen and oxygen atoms in total. The fourth-order valence-electron chi connectivity index (χ4n) is 1.84. The SMILES string of the molecule is CCC[CH2][Sb]([Cl])([Cl])([CH2]CCC)[CH2]CCC. The van der Waals surface area contributed by atoms with Crippen LogP contribution in [0.25, 0.3) is 0 Å². The van der Waals surface area contributed by atoms with Gasteiger partial charge >= 0.3 is 105 Å². The van der Waals surface area contributed by atoms with Crippen LogP contribution in [-0.4, -0.2) is 15.1 Å². The molecule has 0 aliphatic carbocycles. The second kappa shape index (κ2) is 7.67. The summed E-state index contributed by atoms with van der Waals surface area (Å²) >= 11 is -3.16. The Kier molecular flexibility index (Phi) is 8.39. The maximum atomic E-state index is 6.90. The van der Waals surface area contributed by atoms with Crippen molar-refractivity contribution in [3.63, 3.8) is 0 Å². The molecule has 0 N–H and O–H groups in total. The molecule has 0 aliphatic heterocycles. The molecule has 0 saturated carbocycles. The van der Waals surface area contributed by atoms with Crippen molar-refractivity contribution in [3.8, 4) is 0 Å². The van der Waals surface area contributed by atoms with Gasteiger partial charge in [-0.15, -0.1) is 0 Å². The van der Waals surface area contributed by atoms with E-state index >= 15 is 0 Å². The fourth-order valence-corrected chi connectivity index (χ4v) is 17.1. The van der Waals surface area contributed by atoms with Gasteiger partial charge in [-0.3, -0.25) is 0 Å². The number of rotatable bonds is 9. The van der Waals surface area contributed by atoms with Crippen molar-refractivity contribution in [3.05, 3.63) is 0 Å². The van der Waals surface area contributed by atoms with E-state index in [0.717, 1.165) is 13.1 Å². The van der Waals surface area contributed by atoms with Gasteiger partial charge in [-0.2, -0.15) is 0 Å². The van der Waals surface area contributed by atoms with Crippen LogP contribution in [0.3, 0.4) is 0 Å². The third-order valence-corrected chi connectivity index (χ3v) is 20.8. The average Bonchev–Trinajstić information content (AvgIpc) is 2.22. The van der Waals surface area contributed by atoms with Gasteiger partial charge in [0.15, 0.2) is 0 Å². The molecule has 0 rings (SSSR count). The predicted molar refractivity (Wildman–Crippen MR) is 76.6 cm³/mol. The van der Waals surface area contributed by atoms with Crippen molar-refractivity contribution < 1.29 is 0 Å². The van der Waals surface area contributed by atoms with Crippen LogP contribution in [0.1, 0.15) is 59.3 Å². The minimum absolute atomic E-state index is 1.15. The van der Waals surface area contributed by atoms with E-state index < -0.39 is 15.1 Å². The molecule has 0 fully saturated rings. The molecule has 0 radical (unpaired) electrons. The van der Waals surface area contributed by atoms with Crippen LogP contribution >= 0.6 is 17.7 Å². The molecule has 0 unspecified atom stereocenters. The molecule has 0 aromatic carbocycles. The van der Waals surface area contributed by atoms with E-state index in [9.17, 15) is 0 Å². The standard InChI is InChI=1S/3C4H9.2ClH.Sb/c3*1-3-4-2;;;/h3*1,3-4H2,2H3;2*1H;/q;;;;;+2/p-2. The average molecular weight is 364 g/mol. The van der Waals surface area contributed by atoms with Gasteiger partial charge in [0.2, 0.25) is 0 Å². The zero-order valence-electron chi connectivity index (χ0n) is 10.6. The van der Waals surface area contributed by atoms with Crippen LogP contribution < -0.4 is 0 Å². The molecule has 0 aromatic rings. The third-order valence-electron chi connectivity index (χ3n) is 2.99. The van der Waals surface area contributed by atoms with E-state index in [2.05, 4.69) is 20.8 Å².